The number of benzene rings is 4. The summed E-state index contributed by atoms with van der Waals surface area (Å²) in [5, 5.41) is 107. The van der Waals surface area contributed by atoms with E-state index in [0.717, 1.165) is 30.3 Å². The molecule has 0 aliphatic rings. The van der Waals surface area contributed by atoms with E-state index in [-0.39, 0.29) is 45.3 Å². The third-order valence-corrected chi connectivity index (χ3v) is 6.00. The molecule has 0 radical (unpaired) electrons. The number of phenols is 10. The number of Topliss-reactive ketones (excluding diaryl/α,β-unsaturated/α-hetero) is 2. The second-order valence-corrected chi connectivity index (χ2v) is 9.73. The maximum atomic E-state index is 10.8. The second kappa shape index (κ2) is 16.5. The summed E-state index contributed by atoms with van der Waals surface area (Å²) in [6, 6.07) is 9.13. The van der Waals surface area contributed by atoms with E-state index in [1.165, 1.54) is 39.0 Å². The zero-order chi connectivity index (χ0) is 37.2. The summed E-state index contributed by atoms with van der Waals surface area (Å²) in [5.41, 5.74) is 0.115. The minimum absolute atomic E-state index is 0.00898. The number of carboxylic acid groups (broad SMARTS) is 2. The summed E-state index contributed by atoms with van der Waals surface area (Å²) < 4.78 is 0. The number of phenolic OH excluding ortho intramolecular Hbond substituents is 8. The quantitative estimate of drug-likeness (QED) is 0.107. The van der Waals surface area contributed by atoms with Gasteiger partial charge in [-0.3, -0.25) is 9.59 Å². The molecule has 0 spiro atoms. The van der Waals surface area contributed by atoms with Crippen molar-refractivity contribution in [1.82, 2.24) is 0 Å². The minimum Gasteiger partial charge on any atom is -0.508 e. The average Bonchev–Trinajstić information content (AvgIpc) is 2.93. The Kier molecular flexibility index (Phi) is 13.4. The summed E-state index contributed by atoms with van der Waals surface area (Å²) in [6.45, 7) is 5.61. The number of aromatic hydroxyl groups is 10. The molecule has 12 N–H and O–H groups in total. The number of carbonyl (C=O) groups is 4. The zero-order valence-corrected chi connectivity index (χ0v) is 25.6. The zero-order valence-electron chi connectivity index (χ0n) is 25.6. The average molecular weight is 673 g/mol. The van der Waals surface area contributed by atoms with Gasteiger partial charge in [0, 0.05) is 17.7 Å². The lowest BCUT2D eigenvalue weighted by Crippen LogP contribution is -1.97. The van der Waals surface area contributed by atoms with Gasteiger partial charge in [-0.1, -0.05) is 0 Å². The first-order chi connectivity index (χ1) is 22.1. The lowest BCUT2D eigenvalue weighted by molar-refractivity contribution is 0.0681. The van der Waals surface area contributed by atoms with E-state index in [0.29, 0.717) is 5.56 Å². The molecule has 0 saturated heterocycles. The van der Waals surface area contributed by atoms with Crippen LogP contribution in [-0.2, 0) is 0 Å². The van der Waals surface area contributed by atoms with Crippen molar-refractivity contribution in [2.45, 2.75) is 27.7 Å². The fraction of sp³-hybridized carbons (Fsp3) is 0.125. The van der Waals surface area contributed by atoms with Gasteiger partial charge in [0.05, 0.1) is 11.1 Å². The van der Waals surface area contributed by atoms with Gasteiger partial charge >= 0.3 is 11.9 Å². The molecule has 0 bridgehead atoms. The Bertz CT molecular complexity index is 1720. The van der Waals surface area contributed by atoms with Crippen LogP contribution in [0.2, 0.25) is 0 Å². The van der Waals surface area contributed by atoms with Crippen LogP contribution in [0.4, 0.5) is 0 Å². The van der Waals surface area contributed by atoms with E-state index in [4.69, 9.17) is 61.3 Å². The molecule has 0 aliphatic heterocycles. The molecule has 4 rings (SSSR count). The Hall–Kier alpha value is -6.84. The van der Waals surface area contributed by atoms with Gasteiger partial charge in [0.15, 0.2) is 23.1 Å². The third-order valence-electron chi connectivity index (χ3n) is 6.00. The predicted molar refractivity (Wildman–Crippen MR) is 166 cm³/mol. The van der Waals surface area contributed by atoms with Crippen molar-refractivity contribution in [2.75, 3.05) is 0 Å². The van der Waals surface area contributed by atoms with Crippen LogP contribution in [0.3, 0.4) is 0 Å². The molecule has 4 aromatic rings. The Morgan fingerprint density at radius 3 is 1.29 bits per heavy atom. The summed E-state index contributed by atoms with van der Waals surface area (Å²) in [5.74, 6) is -7.42. The Labute approximate surface area is 271 Å². The SMILES string of the molecule is CC(=O)c1c(O)cc(O)cc1O.CC(=O)c1ccc(O)c(O)c1O.Cc1c(O)cc(C(=O)O)cc1O.Cc1cc(O)c(C(=O)O)c(O)c1. The summed E-state index contributed by atoms with van der Waals surface area (Å²) in [6.07, 6.45) is 0. The van der Waals surface area contributed by atoms with Gasteiger partial charge in [-0.15, -0.1) is 0 Å². The predicted octanol–water partition coefficient (Wildman–Crippen LogP) is 4.22. The molecule has 0 fully saturated rings. The van der Waals surface area contributed by atoms with Crippen LogP contribution in [0.25, 0.3) is 0 Å². The first-order valence-corrected chi connectivity index (χ1v) is 13.1. The molecule has 256 valence electrons. The van der Waals surface area contributed by atoms with Crippen LogP contribution >= 0.6 is 0 Å². The van der Waals surface area contributed by atoms with Crippen molar-refractivity contribution < 1.29 is 80.5 Å². The van der Waals surface area contributed by atoms with Crippen molar-refractivity contribution in [3.63, 3.8) is 0 Å². The van der Waals surface area contributed by atoms with E-state index in [1.54, 1.807) is 6.92 Å². The first kappa shape index (κ1) is 39.2. The van der Waals surface area contributed by atoms with Crippen molar-refractivity contribution in [1.29, 1.82) is 0 Å². The molecule has 16 heteroatoms. The van der Waals surface area contributed by atoms with E-state index in [1.807, 2.05) is 0 Å². The molecule has 0 aromatic heterocycles. The fourth-order valence-electron chi connectivity index (χ4n) is 3.59. The highest BCUT2D eigenvalue weighted by Crippen LogP contribution is 2.37. The molecule has 4 aromatic carbocycles. The van der Waals surface area contributed by atoms with Crippen LogP contribution in [0.5, 0.6) is 57.5 Å². The molecule has 0 saturated carbocycles. The lowest BCUT2D eigenvalue weighted by Gasteiger charge is -2.03. The van der Waals surface area contributed by atoms with Gasteiger partial charge in [0.1, 0.15) is 51.4 Å². The Morgan fingerprint density at radius 1 is 0.479 bits per heavy atom. The van der Waals surface area contributed by atoms with Crippen molar-refractivity contribution in [3.05, 3.63) is 81.9 Å². The standard InChI is InChI=1S/4C8H8O4/c1-4(9)8-6(11)2-5(10)3-7(8)12;1-4-6(9)2-5(8(11)12)3-7(4)10;1-4-2-5(9)7(8(11)12)6(10)3-4;1-4(9)5-2-3-6(10)8(12)7(5)11/h2-3,10-12H,1H3;2*2-3,9-10H,1H3,(H,11,12);2-3,10-12H,1H3. The van der Waals surface area contributed by atoms with Crippen LogP contribution in [-0.4, -0.2) is 84.8 Å². The topological polar surface area (TPSA) is 311 Å². The van der Waals surface area contributed by atoms with Gasteiger partial charge in [0.2, 0.25) is 5.75 Å². The van der Waals surface area contributed by atoms with Gasteiger partial charge in [-0.25, -0.2) is 9.59 Å². The number of aryl methyl sites for hydroxylation is 1. The van der Waals surface area contributed by atoms with E-state index in [9.17, 15) is 19.2 Å². The first-order valence-electron chi connectivity index (χ1n) is 13.1. The molecular weight excluding hydrogens is 640 g/mol. The molecular formula is C32H32O16. The van der Waals surface area contributed by atoms with E-state index >= 15 is 0 Å². The van der Waals surface area contributed by atoms with Crippen molar-refractivity contribution in [2.24, 2.45) is 0 Å². The largest absolute Gasteiger partial charge is 0.508 e. The van der Waals surface area contributed by atoms with Crippen molar-refractivity contribution >= 4 is 23.5 Å². The molecule has 0 aliphatic carbocycles. The molecule has 0 amide bonds. The lowest BCUT2D eigenvalue weighted by atomic mass is 10.1. The third kappa shape index (κ3) is 10.4. The van der Waals surface area contributed by atoms with Crippen LogP contribution in [0.15, 0.2) is 48.5 Å². The molecule has 48 heavy (non-hydrogen) atoms. The van der Waals surface area contributed by atoms with E-state index in [2.05, 4.69) is 0 Å². The van der Waals surface area contributed by atoms with Crippen molar-refractivity contribution in [3.8, 4) is 57.5 Å². The van der Waals surface area contributed by atoms with Crippen LogP contribution in [0.1, 0.15) is 66.4 Å². The monoisotopic (exact) mass is 672 g/mol. The second-order valence-electron chi connectivity index (χ2n) is 9.73. The number of carboxylic acids is 2. The number of rotatable bonds is 4. The molecule has 16 nitrogen and oxygen atoms in total. The number of carbonyl (C=O) groups excluding carboxylic acids is 2. The highest BCUT2D eigenvalue weighted by molar-refractivity contribution is 5.99. The van der Waals surface area contributed by atoms with Crippen LogP contribution in [0, 0.1) is 13.8 Å². The Balaban J connectivity index is 0.000000320. The summed E-state index contributed by atoms with van der Waals surface area (Å²) in [4.78, 5) is 42.4. The molecule has 0 atom stereocenters. The minimum atomic E-state index is -1.34. The van der Waals surface area contributed by atoms with Gasteiger partial charge in [-0.2, -0.15) is 0 Å². The summed E-state index contributed by atoms with van der Waals surface area (Å²) in [7, 11) is 0. The fourth-order valence-corrected chi connectivity index (χ4v) is 3.59. The van der Waals surface area contributed by atoms with Gasteiger partial charge in [0.25, 0.3) is 0 Å². The number of hydrogen-bond acceptors (Lipinski definition) is 14. The number of hydrogen-bond donors (Lipinski definition) is 12. The smallest absolute Gasteiger partial charge is 0.343 e. The maximum Gasteiger partial charge on any atom is 0.343 e. The van der Waals surface area contributed by atoms with Crippen LogP contribution < -0.4 is 0 Å². The highest BCUT2D eigenvalue weighted by atomic mass is 16.4. The number of ketones is 2. The highest BCUT2D eigenvalue weighted by Gasteiger charge is 2.16. The maximum absolute atomic E-state index is 10.8. The van der Waals surface area contributed by atoms with E-state index < -0.39 is 63.5 Å². The molecule has 0 heterocycles. The van der Waals surface area contributed by atoms with Gasteiger partial charge in [-0.05, 0) is 69.7 Å². The molecule has 0 unspecified atom stereocenters. The normalized spacial score (nSPS) is 9.75. The number of aromatic carboxylic acids is 2. The van der Waals surface area contributed by atoms with Gasteiger partial charge < -0.3 is 61.3 Å². The Morgan fingerprint density at radius 2 is 0.917 bits per heavy atom. The summed E-state index contributed by atoms with van der Waals surface area (Å²) >= 11 is 0.